The number of allylic oxidation sites excluding steroid dienone is 1. The van der Waals surface area contributed by atoms with Crippen LogP contribution in [0.2, 0.25) is 0 Å². The fraction of sp³-hybridized carbons (Fsp3) is 0.595. The largest absolute Gasteiger partial charge is 0.494 e. The van der Waals surface area contributed by atoms with Gasteiger partial charge in [0.1, 0.15) is 0 Å². The second-order valence-corrected chi connectivity index (χ2v) is 15.7. The summed E-state index contributed by atoms with van der Waals surface area (Å²) in [7, 11) is 4.09. The number of carbonyl (C=O) groups is 1. The minimum atomic E-state index is -0.861. The van der Waals surface area contributed by atoms with Gasteiger partial charge in [-0.15, -0.1) is 0 Å². The number of rotatable bonds is 2. The first-order valence-corrected chi connectivity index (χ1v) is 16.6. The highest BCUT2D eigenvalue weighted by atomic mass is 16.7. The second-order valence-electron chi connectivity index (χ2n) is 15.7. The molecule has 0 unspecified atom stereocenters. The van der Waals surface area contributed by atoms with Gasteiger partial charge in [0, 0.05) is 30.7 Å². The highest BCUT2D eigenvalue weighted by Crippen LogP contribution is 2.39. The number of likely N-dealkylation sites (N-methyl/N-ethyl adjacent to an activating group) is 2. The predicted octanol–water partition coefficient (Wildman–Crippen LogP) is 6.48. The van der Waals surface area contributed by atoms with E-state index in [1.54, 1.807) is 0 Å². The summed E-state index contributed by atoms with van der Waals surface area (Å²) in [5, 5.41) is 9.52. The number of amides is 1. The Morgan fingerprint density at radius 1 is 0.822 bits per heavy atom. The maximum Gasteiger partial charge on any atom is 0.494 e. The maximum atomic E-state index is 11.6. The molecular weight excluding hydrogens is 561 g/mol. The molecule has 0 radical (unpaired) electrons. The van der Waals surface area contributed by atoms with Crippen LogP contribution >= 0.6 is 0 Å². The molecule has 0 bridgehead atoms. The van der Waals surface area contributed by atoms with E-state index in [-0.39, 0.29) is 29.4 Å². The Balaban J connectivity index is 0.000000178. The average Bonchev–Trinajstić information content (AvgIpc) is 3.19. The lowest BCUT2D eigenvalue weighted by Gasteiger charge is -2.42. The van der Waals surface area contributed by atoms with Crippen molar-refractivity contribution in [1.29, 1.82) is 0 Å². The van der Waals surface area contributed by atoms with Crippen LogP contribution in [0.15, 0.2) is 42.5 Å². The molecule has 8 heteroatoms. The van der Waals surface area contributed by atoms with E-state index in [9.17, 15) is 9.90 Å². The van der Waals surface area contributed by atoms with Crippen LogP contribution in [-0.2, 0) is 33.2 Å². The molecule has 244 valence electrons. The normalized spacial score (nSPS) is 25.0. The molecule has 1 N–H and O–H groups in total. The summed E-state index contributed by atoms with van der Waals surface area (Å²) in [6.07, 6.45) is 4.25. The minimum absolute atomic E-state index is 0.0219. The molecule has 2 aromatic carbocycles. The third kappa shape index (κ3) is 6.23. The van der Waals surface area contributed by atoms with Gasteiger partial charge in [-0.2, -0.15) is 0 Å². The Kier molecular flexibility index (Phi) is 8.88. The molecule has 1 amide bonds. The molecule has 0 aliphatic carbocycles. The molecule has 0 aromatic heterocycles. The van der Waals surface area contributed by atoms with Crippen molar-refractivity contribution in [3.8, 4) is 0 Å². The van der Waals surface area contributed by atoms with Crippen LogP contribution in [0.1, 0.15) is 96.6 Å². The molecule has 4 heterocycles. The lowest BCUT2D eigenvalue weighted by molar-refractivity contribution is 0.00578. The SMILES string of the molecule is CN1CCc2cc(B3OC(C)(C)C(C)(C)O3)ccc2C1(C)C.C[C@H]1CC=C(c2ccc3c(c2)CCN(C)C3(C)C)N(C(=O)O)C1. The number of hydrogen-bond acceptors (Lipinski definition) is 5. The van der Waals surface area contributed by atoms with Crippen molar-refractivity contribution in [2.75, 3.05) is 33.7 Å². The van der Waals surface area contributed by atoms with Crippen molar-refractivity contribution in [2.24, 2.45) is 5.92 Å². The van der Waals surface area contributed by atoms with Crippen molar-refractivity contribution in [3.05, 3.63) is 70.3 Å². The fourth-order valence-corrected chi connectivity index (χ4v) is 7.01. The van der Waals surface area contributed by atoms with Gasteiger partial charge in [-0.25, -0.2) is 4.79 Å². The van der Waals surface area contributed by atoms with Crippen molar-refractivity contribution >= 4 is 24.4 Å². The third-order valence-corrected chi connectivity index (χ3v) is 11.4. The smallest absolute Gasteiger partial charge is 0.465 e. The zero-order chi connectivity index (χ0) is 33.1. The summed E-state index contributed by atoms with van der Waals surface area (Å²) in [4.78, 5) is 17.9. The summed E-state index contributed by atoms with van der Waals surface area (Å²) < 4.78 is 12.4. The standard InChI is InChI=1S/C19H26N2O2.C18H28BNO2/c1-13-5-8-17(21(12-13)18(22)23)15-6-7-16-14(11-15)9-10-20(4)19(16,2)3;1-16(2)15-9-8-14(12-13(15)10-11-20(16)7)19-21-17(3,4)18(5,6)22-19/h6-8,11,13H,5,9-10,12H2,1-4H3,(H,22,23);8-9,12H,10-11H2,1-7H3/t13-;/m0./s1. The van der Waals surface area contributed by atoms with Gasteiger partial charge in [0.2, 0.25) is 0 Å². The maximum absolute atomic E-state index is 11.6. The monoisotopic (exact) mass is 615 g/mol. The molecule has 1 saturated heterocycles. The number of benzene rings is 2. The molecule has 7 nitrogen and oxygen atoms in total. The van der Waals surface area contributed by atoms with Gasteiger partial charge in [-0.3, -0.25) is 14.7 Å². The molecule has 0 spiro atoms. The van der Waals surface area contributed by atoms with Gasteiger partial charge in [0.05, 0.1) is 16.9 Å². The molecule has 6 rings (SSSR count). The summed E-state index contributed by atoms with van der Waals surface area (Å²) in [6, 6.07) is 13.2. The Bertz CT molecular complexity index is 1460. The van der Waals surface area contributed by atoms with Gasteiger partial charge >= 0.3 is 13.2 Å². The van der Waals surface area contributed by atoms with Crippen LogP contribution in [0.5, 0.6) is 0 Å². The van der Waals surface area contributed by atoms with E-state index in [0.29, 0.717) is 12.5 Å². The number of hydrogen-bond donors (Lipinski definition) is 1. The summed E-state index contributed by atoms with van der Waals surface area (Å²) >= 11 is 0. The minimum Gasteiger partial charge on any atom is -0.465 e. The van der Waals surface area contributed by atoms with E-state index in [1.165, 1.54) is 27.2 Å². The van der Waals surface area contributed by atoms with Crippen LogP contribution in [0.3, 0.4) is 0 Å². The molecule has 45 heavy (non-hydrogen) atoms. The van der Waals surface area contributed by atoms with E-state index in [4.69, 9.17) is 9.31 Å². The van der Waals surface area contributed by atoms with E-state index >= 15 is 0 Å². The lowest BCUT2D eigenvalue weighted by Crippen LogP contribution is -2.45. The zero-order valence-electron chi connectivity index (χ0n) is 29.5. The van der Waals surface area contributed by atoms with Gasteiger partial charge < -0.3 is 14.4 Å². The van der Waals surface area contributed by atoms with E-state index in [2.05, 4.69) is 129 Å². The molecule has 4 aliphatic heterocycles. The Morgan fingerprint density at radius 2 is 1.33 bits per heavy atom. The number of fused-ring (bicyclic) bond motifs is 2. The highest BCUT2D eigenvalue weighted by Gasteiger charge is 2.52. The molecule has 0 saturated carbocycles. The molecule has 1 atom stereocenters. The molecule has 4 aliphatic rings. The van der Waals surface area contributed by atoms with Gasteiger partial charge in [0.15, 0.2) is 0 Å². The van der Waals surface area contributed by atoms with E-state index in [0.717, 1.165) is 49.1 Å². The number of nitrogens with zero attached hydrogens (tertiary/aromatic N) is 3. The van der Waals surface area contributed by atoms with Gasteiger partial charge in [-0.1, -0.05) is 43.3 Å². The van der Waals surface area contributed by atoms with E-state index < -0.39 is 6.09 Å². The van der Waals surface area contributed by atoms with Crippen LogP contribution < -0.4 is 5.46 Å². The Morgan fingerprint density at radius 3 is 1.87 bits per heavy atom. The summed E-state index contributed by atoms with van der Waals surface area (Å²) in [5.74, 6) is 0.375. The van der Waals surface area contributed by atoms with Gasteiger partial charge in [-0.05, 0) is 134 Å². The predicted molar refractivity (Wildman–Crippen MR) is 184 cm³/mol. The van der Waals surface area contributed by atoms with Crippen molar-refractivity contribution in [1.82, 2.24) is 14.7 Å². The first-order valence-electron chi connectivity index (χ1n) is 16.6. The molecule has 2 aromatic rings. The Hall–Kier alpha value is -2.65. The molecule has 1 fully saturated rings. The van der Waals surface area contributed by atoms with Gasteiger partial charge in [0.25, 0.3) is 0 Å². The van der Waals surface area contributed by atoms with E-state index in [1.807, 2.05) is 0 Å². The number of carboxylic acid groups (broad SMARTS) is 1. The summed E-state index contributed by atoms with van der Waals surface area (Å²) in [6.45, 7) is 22.3. The van der Waals surface area contributed by atoms with Crippen LogP contribution in [-0.4, -0.2) is 77.9 Å². The lowest BCUT2D eigenvalue weighted by atomic mass is 9.74. The van der Waals surface area contributed by atoms with Crippen LogP contribution in [0, 0.1) is 5.92 Å². The van der Waals surface area contributed by atoms with Crippen LogP contribution in [0.4, 0.5) is 4.79 Å². The highest BCUT2D eigenvalue weighted by molar-refractivity contribution is 6.62. The Labute approximate surface area is 271 Å². The van der Waals surface area contributed by atoms with Crippen molar-refractivity contribution in [2.45, 2.75) is 104 Å². The van der Waals surface area contributed by atoms with Crippen molar-refractivity contribution < 1.29 is 19.2 Å². The first kappa shape index (κ1) is 33.7. The topological polar surface area (TPSA) is 65.5 Å². The fourth-order valence-electron chi connectivity index (χ4n) is 7.01. The average molecular weight is 616 g/mol. The third-order valence-electron chi connectivity index (χ3n) is 11.4. The first-order chi connectivity index (χ1) is 20.8. The van der Waals surface area contributed by atoms with Crippen molar-refractivity contribution in [3.63, 3.8) is 0 Å². The molecular formula is C37H54BN3O4. The quantitative estimate of drug-likeness (QED) is 0.391. The zero-order valence-corrected chi connectivity index (χ0v) is 29.5. The second kappa shape index (κ2) is 11.9. The summed E-state index contributed by atoms with van der Waals surface area (Å²) in [5.41, 5.74) is 8.08. The van der Waals surface area contributed by atoms with Crippen LogP contribution in [0.25, 0.3) is 5.70 Å².